The van der Waals surface area contributed by atoms with Gasteiger partial charge in [-0.3, -0.25) is 9.69 Å². The average molecular weight is 469 g/mol. The molecule has 1 amide bonds. The Morgan fingerprint density at radius 1 is 1.09 bits per heavy atom. The lowest BCUT2D eigenvalue weighted by Gasteiger charge is -2.36. The Morgan fingerprint density at radius 2 is 1.85 bits per heavy atom. The number of hydrogen-bond donors (Lipinski definition) is 2. The number of fused-ring (bicyclic) bond motifs is 1. The van der Waals surface area contributed by atoms with Gasteiger partial charge in [0.05, 0.1) is 0 Å². The number of nitrogens with one attached hydrogen (secondary N) is 2. The van der Waals surface area contributed by atoms with Gasteiger partial charge >= 0.3 is 0 Å². The van der Waals surface area contributed by atoms with Crippen LogP contribution in [-0.4, -0.2) is 64.3 Å². The first-order chi connectivity index (χ1) is 15.9. The van der Waals surface area contributed by atoms with E-state index in [4.69, 9.17) is 0 Å². The van der Waals surface area contributed by atoms with Crippen LogP contribution in [0.4, 0.5) is 5.13 Å². The lowest BCUT2D eigenvalue weighted by Crippen LogP contribution is -2.48. The van der Waals surface area contributed by atoms with Gasteiger partial charge in [0, 0.05) is 55.4 Å². The van der Waals surface area contributed by atoms with Gasteiger partial charge in [-0.1, -0.05) is 43.4 Å². The molecule has 3 heterocycles. The quantitative estimate of drug-likeness (QED) is 0.489. The average Bonchev–Trinajstić information content (AvgIpc) is 3.45. The highest BCUT2D eigenvalue weighted by Gasteiger charge is 2.24. The minimum atomic E-state index is -0.117. The largest absolute Gasteiger partial charge is 0.361 e. The summed E-state index contributed by atoms with van der Waals surface area (Å²) in [6, 6.07) is 8.94. The second kappa shape index (κ2) is 10.7. The number of anilines is 1. The number of aromatic nitrogens is 3. The minimum Gasteiger partial charge on any atom is -0.361 e. The fourth-order valence-corrected chi connectivity index (χ4v) is 5.24. The molecule has 1 fully saturated rings. The second-order valence-corrected chi connectivity index (χ2v) is 10.7. The van der Waals surface area contributed by atoms with Crippen molar-refractivity contribution in [2.24, 2.45) is 5.92 Å². The number of aromatic amines is 1. The Bertz CT molecular complexity index is 1050. The van der Waals surface area contributed by atoms with E-state index < -0.39 is 0 Å². The molecule has 2 N–H and O–H groups in total. The van der Waals surface area contributed by atoms with Crippen molar-refractivity contribution in [2.75, 3.05) is 31.1 Å². The van der Waals surface area contributed by atoms with Crippen LogP contribution in [0, 0.1) is 5.92 Å². The van der Waals surface area contributed by atoms with E-state index in [1.54, 1.807) is 0 Å². The van der Waals surface area contributed by atoms with Crippen LogP contribution in [0.25, 0.3) is 10.9 Å². The predicted molar refractivity (Wildman–Crippen MR) is 136 cm³/mol. The van der Waals surface area contributed by atoms with Gasteiger partial charge < -0.3 is 15.2 Å². The molecule has 178 valence electrons. The Kier molecular flexibility index (Phi) is 7.65. The molecule has 0 saturated carbocycles. The maximum atomic E-state index is 13.1. The maximum Gasteiger partial charge on any atom is 0.282 e. The van der Waals surface area contributed by atoms with Crippen molar-refractivity contribution in [1.29, 1.82) is 0 Å². The summed E-state index contributed by atoms with van der Waals surface area (Å²) in [5.41, 5.74) is 2.37. The van der Waals surface area contributed by atoms with Crippen molar-refractivity contribution in [2.45, 2.75) is 59.0 Å². The summed E-state index contributed by atoms with van der Waals surface area (Å²) < 4.78 is 0. The van der Waals surface area contributed by atoms with Crippen molar-refractivity contribution >= 4 is 33.3 Å². The molecule has 1 atom stereocenters. The highest BCUT2D eigenvalue weighted by molar-refractivity contribution is 7.17. The number of benzene rings is 1. The zero-order valence-electron chi connectivity index (χ0n) is 20.2. The zero-order chi connectivity index (χ0) is 23.4. The van der Waals surface area contributed by atoms with Gasteiger partial charge in [0.2, 0.25) is 10.1 Å². The van der Waals surface area contributed by atoms with E-state index in [2.05, 4.69) is 82.4 Å². The van der Waals surface area contributed by atoms with E-state index in [0.29, 0.717) is 17.0 Å². The first-order valence-electron chi connectivity index (χ1n) is 12.1. The van der Waals surface area contributed by atoms with E-state index in [9.17, 15) is 4.79 Å². The van der Waals surface area contributed by atoms with Crippen LogP contribution in [0.2, 0.25) is 0 Å². The number of hydrogen-bond acceptors (Lipinski definition) is 6. The molecular weight excluding hydrogens is 432 g/mol. The van der Waals surface area contributed by atoms with Crippen LogP contribution in [0.15, 0.2) is 30.5 Å². The van der Waals surface area contributed by atoms with E-state index in [1.165, 1.54) is 22.3 Å². The Balaban J connectivity index is 1.41. The minimum absolute atomic E-state index is 0.0565. The number of H-pyrrole nitrogens is 1. The van der Waals surface area contributed by atoms with Gasteiger partial charge in [0.15, 0.2) is 0 Å². The summed E-state index contributed by atoms with van der Waals surface area (Å²) in [5, 5.41) is 14.4. The molecule has 1 saturated heterocycles. The van der Waals surface area contributed by atoms with Gasteiger partial charge in [0.25, 0.3) is 5.91 Å². The molecule has 7 nitrogen and oxygen atoms in total. The first-order valence-corrected chi connectivity index (χ1v) is 12.9. The molecule has 0 aliphatic carbocycles. The fourth-order valence-electron chi connectivity index (χ4n) is 4.44. The third-order valence-corrected chi connectivity index (χ3v) is 7.48. The summed E-state index contributed by atoms with van der Waals surface area (Å²) >= 11 is 1.40. The van der Waals surface area contributed by atoms with Gasteiger partial charge in [-0.15, -0.1) is 10.2 Å². The number of piperazine rings is 1. The van der Waals surface area contributed by atoms with Crippen molar-refractivity contribution in [1.82, 2.24) is 25.4 Å². The number of nitrogens with zero attached hydrogens (tertiary/aromatic N) is 4. The highest BCUT2D eigenvalue weighted by atomic mass is 32.1. The lowest BCUT2D eigenvalue weighted by molar-refractivity contribution is 0.0932. The summed E-state index contributed by atoms with van der Waals surface area (Å²) in [7, 11) is 0. The molecule has 4 rings (SSSR count). The first kappa shape index (κ1) is 23.7. The molecule has 2 aromatic heterocycles. The fraction of sp³-hybridized carbons (Fsp3) is 0.560. The molecular formula is C25H36N6OS. The van der Waals surface area contributed by atoms with Gasteiger partial charge in [-0.2, -0.15) is 0 Å². The second-order valence-electron chi connectivity index (χ2n) is 9.71. The molecule has 8 heteroatoms. The van der Waals surface area contributed by atoms with Crippen LogP contribution in [0.1, 0.15) is 55.9 Å². The van der Waals surface area contributed by atoms with Crippen molar-refractivity contribution in [3.8, 4) is 0 Å². The molecule has 0 radical (unpaired) electrons. The van der Waals surface area contributed by atoms with E-state index in [0.717, 1.165) is 56.1 Å². The summed E-state index contributed by atoms with van der Waals surface area (Å²) in [4.78, 5) is 21.2. The van der Waals surface area contributed by atoms with Gasteiger partial charge in [-0.05, 0) is 50.7 Å². The SMILES string of the molecule is CC(C)CCC(Cc1c[nH]c2ccccc12)NC(=O)c1nnc(N2CCN(C(C)C)CC2)s1. The van der Waals surface area contributed by atoms with Crippen molar-refractivity contribution < 1.29 is 4.79 Å². The van der Waals surface area contributed by atoms with Crippen LogP contribution in [-0.2, 0) is 6.42 Å². The third kappa shape index (κ3) is 5.92. The van der Waals surface area contributed by atoms with Gasteiger partial charge in [0.1, 0.15) is 0 Å². The smallest absolute Gasteiger partial charge is 0.282 e. The molecule has 0 bridgehead atoms. The van der Waals surface area contributed by atoms with Crippen LogP contribution >= 0.6 is 11.3 Å². The number of carbonyl (C=O) groups is 1. The summed E-state index contributed by atoms with van der Waals surface area (Å²) in [6.07, 6.45) is 4.87. The molecule has 3 aromatic rings. The highest BCUT2D eigenvalue weighted by Crippen LogP contribution is 2.24. The molecule has 1 unspecified atom stereocenters. The van der Waals surface area contributed by atoms with Crippen LogP contribution in [0.3, 0.4) is 0 Å². The predicted octanol–water partition coefficient (Wildman–Crippen LogP) is 4.33. The normalized spacial score (nSPS) is 16.1. The lowest BCUT2D eigenvalue weighted by atomic mass is 9.97. The Morgan fingerprint density at radius 3 is 2.58 bits per heavy atom. The van der Waals surface area contributed by atoms with E-state index in [1.807, 2.05) is 6.07 Å². The third-order valence-electron chi connectivity index (χ3n) is 6.49. The Hall–Kier alpha value is -2.45. The summed E-state index contributed by atoms with van der Waals surface area (Å²) in [5.74, 6) is 0.471. The van der Waals surface area contributed by atoms with Crippen LogP contribution in [0.5, 0.6) is 0 Å². The van der Waals surface area contributed by atoms with Gasteiger partial charge in [-0.25, -0.2) is 0 Å². The topological polar surface area (TPSA) is 77.1 Å². The standard InChI is InChI=1S/C25H36N6OS/c1-17(2)9-10-20(15-19-16-26-22-8-6-5-7-21(19)22)27-23(32)24-28-29-25(33-24)31-13-11-30(12-14-31)18(3)4/h5-8,16-18,20,26H,9-15H2,1-4H3,(H,27,32). The number of amides is 1. The van der Waals surface area contributed by atoms with Crippen molar-refractivity contribution in [3.05, 3.63) is 41.0 Å². The van der Waals surface area contributed by atoms with E-state index in [-0.39, 0.29) is 11.9 Å². The maximum absolute atomic E-state index is 13.1. The molecule has 1 aliphatic heterocycles. The van der Waals surface area contributed by atoms with Crippen molar-refractivity contribution in [3.63, 3.8) is 0 Å². The Labute approximate surface area is 200 Å². The number of rotatable bonds is 9. The van der Waals surface area contributed by atoms with E-state index >= 15 is 0 Å². The molecule has 0 spiro atoms. The number of para-hydroxylation sites is 1. The molecule has 1 aromatic carbocycles. The van der Waals surface area contributed by atoms with Crippen LogP contribution < -0.4 is 10.2 Å². The monoisotopic (exact) mass is 468 g/mol. The zero-order valence-corrected chi connectivity index (χ0v) is 21.0. The molecule has 33 heavy (non-hydrogen) atoms. The summed E-state index contributed by atoms with van der Waals surface area (Å²) in [6.45, 7) is 12.8. The molecule has 1 aliphatic rings. The number of carbonyl (C=O) groups excluding carboxylic acids is 1.